The van der Waals surface area contributed by atoms with Crippen LogP contribution in [0.4, 0.5) is 0 Å². The molecule has 0 N–H and O–H groups in total. The minimum absolute atomic E-state index is 0. The van der Waals surface area contributed by atoms with Gasteiger partial charge in [-0.25, -0.2) is 0 Å². The van der Waals surface area contributed by atoms with E-state index in [-0.39, 0.29) is 14.9 Å². The van der Waals surface area contributed by atoms with Crippen molar-refractivity contribution in [3.63, 3.8) is 0 Å². The SMILES string of the molecule is C.C.CC1CC23CCC4C(C)(C)CCCC4(C)C2CCC1C3. The molecule has 4 aliphatic carbocycles. The van der Waals surface area contributed by atoms with Crippen molar-refractivity contribution >= 4 is 0 Å². The quantitative estimate of drug-likeness (QED) is 0.439. The minimum atomic E-state index is 0. The van der Waals surface area contributed by atoms with Gasteiger partial charge in [-0.3, -0.25) is 0 Å². The fourth-order valence-corrected chi connectivity index (χ4v) is 8.12. The molecule has 0 nitrogen and oxygen atoms in total. The molecule has 0 saturated heterocycles. The number of hydrogen-bond donors (Lipinski definition) is 0. The largest absolute Gasteiger partial charge is 0.0776 e. The van der Waals surface area contributed by atoms with Crippen LogP contribution in [0.3, 0.4) is 0 Å². The highest BCUT2D eigenvalue weighted by Gasteiger charge is 2.63. The topological polar surface area (TPSA) is 0 Å². The molecule has 0 aliphatic heterocycles. The average molecular weight is 307 g/mol. The van der Waals surface area contributed by atoms with Crippen LogP contribution in [0.1, 0.15) is 100 Å². The lowest BCUT2D eigenvalue weighted by molar-refractivity contribution is -0.144. The van der Waals surface area contributed by atoms with Gasteiger partial charge in [0.05, 0.1) is 0 Å². The number of rotatable bonds is 0. The van der Waals surface area contributed by atoms with E-state index < -0.39 is 0 Å². The van der Waals surface area contributed by atoms with E-state index in [1.165, 1.54) is 19.3 Å². The van der Waals surface area contributed by atoms with Crippen LogP contribution < -0.4 is 0 Å². The molecule has 4 fully saturated rings. The Kier molecular flexibility index (Phi) is 4.60. The maximum atomic E-state index is 2.72. The molecule has 130 valence electrons. The average Bonchev–Trinajstić information content (AvgIpc) is 2.58. The van der Waals surface area contributed by atoms with Gasteiger partial charge in [-0.2, -0.15) is 0 Å². The van der Waals surface area contributed by atoms with Crippen molar-refractivity contribution in [1.82, 2.24) is 0 Å². The molecule has 0 aromatic rings. The van der Waals surface area contributed by atoms with E-state index in [0.29, 0.717) is 10.8 Å². The normalized spacial score (nSPS) is 51.8. The van der Waals surface area contributed by atoms with E-state index in [2.05, 4.69) is 27.7 Å². The lowest BCUT2D eigenvalue weighted by Crippen LogP contribution is -2.55. The van der Waals surface area contributed by atoms with Crippen molar-refractivity contribution < 1.29 is 0 Å². The van der Waals surface area contributed by atoms with Crippen LogP contribution in [0.5, 0.6) is 0 Å². The molecular formula is C22H42. The van der Waals surface area contributed by atoms with Crippen LogP contribution in [0.2, 0.25) is 0 Å². The summed E-state index contributed by atoms with van der Waals surface area (Å²) in [6.45, 7) is 10.4. The molecule has 2 bridgehead atoms. The molecule has 0 radical (unpaired) electrons. The molecule has 4 rings (SSSR count). The third-order valence-electron chi connectivity index (χ3n) is 8.77. The lowest BCUT2D eigenvalue weighted by Gasteiger charge is -2.64. The van der Waals surface area contributed by atoms with Gasteiger partial charge in [-0.05, 0) is 91.3 Å². The smallest absolute Gasteiger partial charge is 0.0258 e. The first-order chi connectivity index (χ1) is 9.37. The standard InChI is InChI=1S/C20H34.2CH4/c1-14-12-20-11-8-16-18(2,3)9-5-10-19(16,4)17(20)7-6-15(14)13-20;;/h14-17H,5-13H2,1-4H3;2*1H4. The summed E-state index contributed by atoms with van der Waals surface area (Å²) in [5.74, 6) is 4.18. The molecule has 4 saturated carbocycles. The van der Waals surface area contributed by atoms with Crippen molar-refractivity contribution in [2.75, 3.05) is 0 Å². The second-order valence-corrected chi connectivity index (χ2v) is 10.1. The molecule has 0 heteroatoms. The predicted octanol–water partition coefficient (Wildman–Crippen LogP) is 7.33. The first kappa shape index (κ1) is 18.3. The zero-order chi connectivity index (χ0) is 14.2. The van der Waals surface area contributed by atoms with Crippen LogP contribution in [-0.4, -0.2) is 0 Å². The van der Waals surface area contributed by atoms with E-state index in [1.54, 1.807) is 38.5 Å². The Balaban J connectivity index is 0.000000882. The summed E-state index contributed by atoms with van der Waals surface area (Å²) in [6.07, 6.45) is 13.9. The van der Waals surface area contributed by atoms with E-state index >= 15 is 0 Å². The Labute approximate surface area is 140 Å². The third kappa shape index (κ3) is 2.22. The van der Waals surface area contributed by atoms with Crippen LogP contribution >= 0.6 is 0 Å². The van der Waals surface area contributed by atoms with Crippen molar-refractivity contribution in [3.05, 3.63) is 0 Å². The summed E-state index contributed by atoms with van der Waals surface area (Å²) in [4.78, 5) is 0. The van der Waals surface area contributed by atoms with Crippen molar-refractivity contribution in [2.24, 2.45) is 39.9 Å². The number of fused-ring (bicyclic) bond motifs is 3. The zero-order valence-corrected chi connectivity index (χ0v) is 14.2. The fraction of sp³-hybridized carbons (Fsp3) is 1.00. The molecule has 0 aromatic heterocycles. The Bertz CT molecular complexity index is 404. The van der Waals surface area contributed by atoms with Gasteiger partial charge >= 0.3 is 0 Å². The summed E-state index contributed by atoms with van der Waals surface area (Å²) >= 11 is 0. The van der Waals surface area contributed by atoms with Crippen LogP contribution in [0.25, 0.3) is 0 Å². The molecule has 0 amide bonds. The van der Waals surface area contributed by atoms with Gasteiger partial charge in [0.25, 0.3) is 0 Å². The molecule has 4 aliphatic rings. The maximum absolute atomic E-state index is 2.72. The van der Waals surface area contributed by atoms with Crippen molar-refractivity contribution in [2.45, 2.75) is 100 Å². The van der Waals surface area contributed by atoms with Gasteiger partial charge in [-0.1, -0.05) is 49.0 Å². The first-order valence-electron chi connectivity index (χ1n) is 9.37. The van der Waals surface area contributed by atoms with E-state index in [9.17, 15) is 0 Å². The highest BCUT2D eigenvalue weighted by Crippen LogP contribution is 2.72. The lowest BCUT2D eigenvalue weighted by atomic mass is 9.41. The summed E-state index contributed by atoms with van der Waals surface area (Å²) in [6, 6.07) is 0. The zero-order valence-electron chi connectivity index (χ0n) is 14.2. The Morgan fingerprint density at radius 2 is 1.50 bits per heavy atom. The van der Waals surface area contributed by atoms with Crippen LogP contribution in [0, 0.1) is 39.9 Å². The Morgan fingerprint density at radius 3 is 2.23 bits per heavy atom. The fourth-order valence-electron chi connectivity index (χ4n) is 8.12. The van der Waals surface area contributed by atoms with E-state index in [0.717, 1.165) is 29.1 Å². The molecule has 6 atom stereocenters. The second kappa shape index (κ2) is 5.52. The van der Waals surface area contributed by atoms with Crippen molar-refractivity contribution in [1.29, 1.82) is 0 Å². The molecule has 0 heterocycles. The summed E-state index contributed by atoms with van der Waals surface area (Å²) in [5.41, 5.74) is 2.06. The van der Waals surface area contributed by atoms with Gasteiger partial charge in [0.15, 0.2) is 0 Å². The second-order valence-electron chi connectivity index (χ2n) is 10.1. The highest BCUT2D eigenvalue weighted by molar-refractivity contribution is 5.12. The van der Waals surface area contributed by atoms with Gasteiger partial charge in [0.1, 0.15) is 0 Å². The summed E-state index contributed by atoms with van der Waals surface area (Å²) in [5, 5.41) is 0. The minimum Gasteiger partial charge on any atom is -0.0776 e. The highest BCUT2D eigenvalue weighted by atomic mass is 14.7. The molecule has 1 spiro atoms. The Hall–Kier alpha value is 0. The molecule has 0 aromatic carbocycles. The van der Waals surface area contributed by atoms with Crippen LogP contribution in [-0.2, 0) is 0 Å². The maximum Gasteiger partial charge on any atom is -0.0258 e. The van der Waals surface area contributed by atoms with E-state index in [4.69, 9.17) is 0 Å². The first-order valence-corrected chi connectivity index (χ1v) is 9.37. The van der Waals surface area contributed by atoms with Crippen molar-refractivity contribution in [3.8, 4) is 0 Å². The molecule has 6 unspecified atom stereocenters. The third-order valence-corrected chi connectivity index (χ3v) is 8.77. The number of hydrogen-bond acceptors (Lipinski definition) is 0. The molecule has 22 heavy (non-hydrogen) atoms. The van der Waals surface area contributed by atoms with E-state index in [1.807, 2.05) is 0 Å². The van der Waals surface area contributed by atoms with Gasteiger partial charge in [0, 0.05) is 0 Å². The monoisotopic (exact) mass is 306 g/mol. The predicted molar refractivity (Wildman–Crippen MR) is 99.0 cm³/mol. The van der Waals surface area contributed by atoms with Gasteiger partial charge < -0.3 is 0 Å². The summed E-state index contributed by atoms with van der Waals surface area (Å²) in [7, 11) is 0. The van der Waals surface area contributed by atoms with Crippen LogP contribution in [0.15, 0.2) is 0 Å². The van der Waals surface area contributed by atoms with Gasteiger partial charge in [-0.15, -0.1) is 0 Å². The molecular weight excluding hydrogens is 264 g/mol. The summed E-state index contributed by atoms with van der Waals surface area (Å²) < 4.78 is 0. The van der Waals surface area contributed by atoms with Gasteiger partial charge in [0.2, 0.25) is 0 Å². The Morgan fingerprint density at radius 1 is 0.773 bits per heavy atom.